The van der Waals surface area contributed by atoms with Gasteiger partial charge in [-0.15, -0.1) is 0 Å². The molecule has 0 spiro atoms. The molecule has 1 heterocycles. The van der Waals surface area contributed by atoms with Crippen molar-refractivity contribution >= 4 is 6.09 Å². The van der Waals surface area contributed by atoms with Gasteiger partial charge in [0.1, 0.15) is 5.60 Å². The van der Waals surface area contributed by atoms with Gasteiger partial charge >= 0.3 is 6.09 Å². The molecule has 0 amide bonds. The van der Waals surface area contributed by atoms with Gasteiger partial charge in [-0.3, -0.25) is 0 Å². The number of nitrogens with two attached hydrogens (primary N) is 1. The van der Waals surface area contributed by atoms with Gasteiger partial charge in [-0.05, 0) is 19.9 Å². The van der Waals surface area contributed by atoms with Crippen LogP contribution in [0.4, 0.5) is 4.79 Å². The maximum absolute atomic E-state index is 11.3. The molecule has 5 nitrogen and oxygen atoms in total. The molecular weight excluding hydrogens is 170 g/mol. The van der Waals surface area contributed by atoms with Gasteiger partial charge in [-0.2, -0.15) is 9.78 Å². The molecule has 0 aliphatic carbocycles. The number of hydrogen-bond acceptors (Lipinski definition) is 4. The highest BCUT2D eigenvalue weighted by Crippen LogP contribution is 2.07. The number of aromatic nitrogens is 2. The van der Waals surface area contributed by atoms with E-state index in [0.29, 0.717) is 0 Å². The van der Waals surface area contributed by atoms with Gasteiger partial charge < -0.3 is 10.5 Å². The van der Waals surface area contributed by atoms with Crippen molar-refractivity contribution in [1.29, 1.82) is 0 Å². The molecule has 0 saturated heterocycles. The van der Waals surface area contributed by atoms with E-state index in [1.165, 1.54) is 12.4 Å². The van der Waals surface area contributed by atoms with Crippen LogP contribution >= 0.6 is 0 Å². The Morgan fingerprint density at radius 3 is 2.85 bits per heavy atom. The van der Waals surface area contributed by atoms with E-state index in [2.05, 4.69) is 5.10 Å². The van der Waals surface area contributed by atoms with Crippen LogP contribution in [0.3, 0.4) is 0 Å². The number of ether oxygens (including phenoxy) is 1. The smallest absolute Gasteiger partial charge is 0.435 e. The van der Waals surface area contributed by atoms with E-state index in [1.807, 2.05) is 0 Å². The van der Waals surface area contributed by atoms with E-state index in [-0.39, 0.29) is 6.54 Å². The zero-order chi connectivity index (χ0) is 9.90. The van der Waals surface area contributed by atoms with E-state index >= 15 is 0 Å². The van der Waals surface area contributed by atoms with E-state index in [0.717, 1.165) is 4.68 Å². The van der Waals surface area contributed by atoms with Gasteiger partial charge in [0, 0.05) is 18.9 Å². The molecule has 1 rings (SSSR count). The normalized spacial score (nSPS) is 11.3. The summed E-state index contributed by atoms with van der Waals surface area (Å²) in [6.07, 6.45) is 2.52. The third-order valence-corrected chi connectivity index (χ3v) is 1.55. The highest BCUT2D eigenvalue weighted by atomic mass is 16.6. The van der Waals surface area contributed by atoms with Crippen molar-refractivity contribution in [1.82, 2.24) is 9.78 Å². The first-order chi connectivity index (χ1) is 6.05. The fourth-order valence-corrected chi connectivity index (χ4v) is 0.702. The fourth-order valence-electron chi connectivity index (χ4n) is 0.702. The second-order valence-electron chi connectivity index (χ2n) is 3.28. The summed E-state index contributed by atoms with van der Waals surface area (Å²) in [6.45, 7) is 3.77. The first-order valence-electron chi connectivity index (χ1n) is 3.98. The Morgan fingerprint density at radius 2 is 2.38 bits per heavy atom. The molecule has 0 aliphatic rings. The molecule has 5 heteroatoms. The summed E-state index contributed by atoms with van der Waals surface area (Å²) < 4.78 is 6.19. The van der Waals surface area contributed by atoms with Crippen LogP contribution in [0.15, 0.2) is 18.5 Å². The lowest BCUT2D eigenvalue weighted by molar-refractivity contribution is 0.0441. The zero-order valence-corrected chi connectivity index (χ0v) is 7.73. The van der Waals surface area contributed by atoms with Crippen molar-refractivity contribution in [3.8, 4) is 0 Å². The third kappa shape index (κ3) is 2.55. The lowest BCUT2D eigenvalue weighted by Gasteiger charge is -2.22. The molecule has 0 bridgehead atoms. The predicted octanol–water partition coefficient (Wildman–Crippen LogP) is 0.605. The van der Waals surface area contributed by atoms with Crippen LogP contribution < -0.4 is 5.73 Å². The second kappa shape index (κ2) is 3.57. The first kappa shape index (κ1) is 9.73. The minimum atomic E-state index is -0.650. The minimum Gasteiger partial charge on any atom is -0.441 e. The highest BCUT2D eigenvalue weighted by molar-refractivity contribution is 5.69. The molecule has 72 valence electrons. The Kier molecular flexibility index (Phi) is 2.67. The molecule has 0 unspecified atom stereocenters. The number of rotatable bonds is 2. The quantitative estimate of drug-likeness (QED) is 0.729. The Morgan fingerprint density at radius 1 is 1.69 bits per heavy atom. The van der Waals surface area contributed by atoms with Gasteiger partial charge in [-0.25, -0.2) is 4.79 Å². The van der Waals surface area contributed by atoms with Crippen LogP contribution in [0.5, 0.6) is 0 Å². The maximum Gasteiger partial charge on any atom is 0.435 e. The molecule has 0 aromatic carbocycles. The predicted molar refractivity (Wildman–Crippen MR) is 47.2 cm³/mol. The summed E-state index contributed by atoms with van der Waals surface area (Å²) in [4.78, 5) is 11.3. The van der Waals surface area contributed by atoms with Gasteiger partial charge in [0.15, 0.2) is 0 Å². The average Bonchev–Trinajstić information content (AvgIpc) is 2.55. The fraction of sp³-hybridized carbons (Fsp3) is 0.500. The Labute approximate surface area is 76.5 Å². The van der Waals surface area contributed by atoms with Crippen LogP contribution in [-0.2, 0) is 4.74 Å². The summed E-state index contributed by atoms with van der Waals surface area (Å²) >= 11 is 0. The van der Waals surface area contributed by atoms with Crippen molar-refractivity contribution in [2.24, 2.45) is 5.73 Å². The minimum absolute atomic E-state index is 0.278. The summed E-state index contributed by atoms with van der Waals surface area (Å²) in [5.41, 5.74) is 4.75. The van der Waals surface area contributed by atoms with Gasteiger partial charge in [-0.1, -0.05) is 0 Å². The lowest BCUT2D eigenvalue weighted by atomic mass is 10.1. The molecule has 13 heavy (non-hydrogen) atoms. The topological polar surface area (TPSA) is 70.1 Å². The van der Waals surface area contributed by atoms with Crippen molar-refractivity contribution < 1.29 is 9.53 Å². The zero-order valence-electron chi connectivity index (χ0n) is 7.73. The first-order valence-corrected chi connectivity index (χ1v) is 3.98. The van der Waals surface area contributed by atoms with Crippen LogP contribution in [0.25, 0.3) is 0 Å². The summed E-state index contributed by atoms with van der Waals surface area (Å²) in [6, 6.07) is 1.65. The molecule has 0 saturated carbocycles. The van der Waals surface area contributed by atoms with Crippen molar-refractivity contribution in [3.63, 3.8) is 0 Å². The molecule has 1 aromatic heterocycles. The SMILES string of the molecule is CC(C)(CN)OC(=O)n1cccn1. The van der Waals surface area contributed by atoms with Gasteiger partial charge in [0.05, 0.1) is 0 Å². The Balaban J connectivity index is 2.61. The molecular formula is C8H13N3O2. The number of carbonyl (C=O) groups is 1. The Hall–Kier alpha value is -1.36. The van der Waals surface area contributed by atoms with E-state index < -0.39 is 11.7 Å². The molecule has 2 N–H and O–H groups in total. The standard InChI is InChI=1S/C8H13N3O2/c1-8(2,6-9)13-7(12)11-5-3-4-10-11/h3-5H,6,9H2,1-2H3. The summed E-state index contributed by atoms with van der Waals surface area (Å²) in [7, 11) is 0. The van der Waals surface area contributed by atoms with Crippen molar-refractivity contribution in [2.75, 3.05) is 6.54 Å². The highest BCUT2D eigenvalue weighted by Gasteiger charge is 2.21. The van der Waals surface area contributed by atoms with Crippen LogP contribution in [-0.4, -0.2) is 28.0 Å². The van der Waals surface area contributed by atoms with E-state index in [9.17, 15) is 4.79 Å². The van der Waals surface area contributed by atoms with E-state index in [4.69, 9.17) is 10.5 Å². The molecule has 1 aromatic rings. The average molecular weight is 183 g/mol. The summed E-state index contributed by atoms with van der Waals surface area (Å²) in [5.74, 6) is 0. The Bertz CT molecular complexity index is 280. The molecule has 0 aliphatic heterocycles. The van der Waals surface area contributed by atoms with E-state index in [1.54, 1.807) is 19.9 Å². The molecule has 0 radical (unpaired) electrons. The van der Waals surface area contributed by atoms with Gasteiger partial charge in [0.2, 0.25) is 0 Å². The summed E-state index contributed by atoms with van der Waals surface area (Å²) in [5, 5.41) is 3.74. The van der Waals surface area contributed by atoms with Crippen LogP contribution in [0.1, 0.15) is 13.8 Å². The molecule has 0 atom stereocenters. The monoisotopic (exact) mass is 183 g/mol. The second-order valence-corrected chi connectivity index (χ2v) is 3.28. The number of nitrogens with zero attached hydrogens (tertiary/aromatic N) is 2. The van der Waals surface area contributed by atoms with Crippen molar-refractivity contribution in [2.45, 2.75) is 19.4 Å². The van der Waals surface area contributed by atoms with Crippen molar-refractivity contribution in [3.05, 3.63) is 18.5 Å². The largest absolute Gasteiger partial charge is 0.441 e. The maximum atomic E-state index is 11.3. The van der Waals surface area contributed by atoms with Crippen LogP contribution in [0.2, 0.25) is 0 Å². The number of carbonyl (C=O) groups excluding carboxylic acids is 1. The number of hydrogen-bond donors (Lipinski definition) is 1. The molecule has 0 fully saturated rings. The van der Waals surface area contributed by atoms with Crippen LogP contribution in [0, 0.1) is 0 Å². The third-order valence-electron chi connectivity index (χ3n) is 1.55. The van der Waals surface area contributed by atoms with Gasteiger partial charge in [0.25, 0.3) is 0 Å². The lowest BCUT2D eigenvalue weighted by Crippen LogP contribution is -2.37.